The highest BCUT2D eigenvalue weighted by Gasteiger charge is 2.15. The van der Waals surface area contributed by atoms with Crippen molar-refractivity contribution < 1.29 is 5.11 Å². The van der Waals surface area contributed by atoms with Gasteiger partial charge >= 0.3 is 5.69 Å². The van der Waals surface area contributed by atoms with Crippen molar-refractivity contribution in [3.8, 4) is 11.6 Å². The van der Waals surface area contributed by atoms with E-state index in [1.165, 1.54) is 6.21 Å². The molecular formula is C20H19N3O3. The minimum atomic E-state index is -0.703. The van der Waals surface area contributed by atoms with Gasteiger partial charge in [0.05, 0.1) is 11.4 Å². The first-order valence-electron chi connectivity index (χ1n) is 8.13. The lowest BCUT2D eigenvalue weighted by molar-refractivity contribution is 0.430. The summed E-state index contributed by atoms with van der Waals surface area (Å²) in [7, 11) is 0. The molecule has 1 aromatic heterocycles. The van der Waals surface area contributed by atoms with E-state index in [0.717, 1.165) is 21.3 Å². The summed E-state index contributed by atoms with van der Waals surface area (Å²) in [5.41, 5.74) is 2.56. The van der Waals surface area contributed by atoms with Gasteiger partial charge in [-0.15, -0.1) is 0 Å². The molecule has 0 atom stereocenters. The summed E-state index contributed by atoms with van der Waals surface area (Å²) in [6.07, 6.45) is 1.27. The van der Waals surface area contributed by atoms with Crippen LogP contribution in [0.15, 0.2) is 57.0 Å². The number of H-pyrrole nitrogens is 1. The van der Waals surface area contributed by atoms with Crippen LogP contribution in [-0.2, 0) is 0 Å². The summed E-state index contributed by atoms with van der Waals surface area (Å²) < 4.78 is 1.07. The van der Waals surface area contributed by atoms with Crippen molar-refractivity contribution in [1.82, 2.24) is 9.55 Å². The molecule has 132 valence electrons. The van der Waals surface area contributed by atoms with Crippen LogP contribution in [0, 0.1) is 20.8 Å². The molecule has 26 heavy (non-hydrogen) atoms. The molecule has 2 N–H and O–H groups in total. The highest BCUT2D eigenvalue weighted by atomic mass is 16.3. The number of hydrogen-bond donors (Lipinski definition) is 2. The number of aliphatic imine (C=N–C) groups is 1. The summed E-state index contributed by atoms with van der Waals surface area (Å²) >= 11 is 0. The van der Waals surface area contributed by atoms with E-state index in [1.54, 1.807) is 12.1 Å². The van der Waals surface area contributed by atoms with Crippen LogP contribution in [0.1, 0.15) is 22.3 Å². The Morgan fingerprint density at radius 3 is 2.35 bits per heavy atom. The van der Waals surface area contributed by atoms with E-state index < -0.39 is 17.1 Å². The number of aromatic amines is 1. The molecule has 2 aromatic carbocycles. The summed E-state index contributed by atoms with van der Waals surface area (Å²) in [5.74, 6) is -0.443. The van der Waals surface area contributed by atoms with Crippen LogP contribution in [0.2, 0.25) is 0 Å². The first kappa shape index (κ1) is 17.4. The van der Waals surface area contributed by atoms with E-state index in [-0.39, 0.29) is 5.56 Å². The quantitative estimate of drug-likeness (QED) is 0.713. The molecule has 0 amide bonds. The first-order chi connectivity index (χ1) is 12.4. The second-order valence-corrected chi connectivity index (χ2v) is 6.22. The normalized spacial score (nSPS) is 11.2. The summed E-state index contributed by atoms with van der Waals surface area (Å²) in [5, 5.41) is 10.6. The summed E-state index contributed by atoms with van der Waals surface area (Å²) in [6.45, 7) is 5.72. The van der Waals surface area contributed by atoms with Crippen molar-refractivity contribution in [2.24, 2.45) is 4.99 Å². The van der Waals surface area contributed by atoms with Crippen LogP contribution < -0.4 is 11.2 Å². The van der Waals surface area contributed by atoms with Crippen LogP contribution in [0.4, 0.5) is 5.69 Å². The predicted molar refractivity (Wildman–Crippen MR) is 102 cm³/mol. The van der Waals surface area contributed by atoms with E-state index in [9.17, 15) is 14.7 Å². The Balaban J connectivity index is 2.16. The minimum absolute atomic E-state index is 0.0768. The Bertz CT molecular complexity index is 1100. The number of hydrogen-bond acceptors (Lipinski definition) is 4. The van der Waals surface area contributed by atoms with Gasteiger partial charge in [0, 0.05) is 6.21 Å². The van der Waals surface area contributed by atoms with Gasteiger partial charge in [0.1, 0.15) is 5.56 Å². The number of rotatable bonds is 3. The molecule has 0 aliphatic heterocycles. The zero-order valence-corrected chi connectivity index (χ0v) is 14.8. The van der Waals surface area contributed by atoms with Gasteiger partial charge in [-0.3, -0.25) is 14.8 Å². The smallest absolute Gasteiger partial charge is 0.335 e. The van der Waals surface area contributed by atoms with Gasteiger partial charge in [0.15, 0.2) is 0 Å². The average Bonchev–Trinajstić information content (AvgIpc) is 2.55. The molecule has 6 nitrogen and oxygen atoms in total. The molecule has 0 unspecified atom stereocenters. The molecular weight excluding hydrogens is 330 g/mol. The average molecular weight is 349 g/mol. The molecule has 1 heterocycles. The second kappa shape index (κ2) is 6.84. The number of benzene rings is 2. The lowest BCUT2D eigenvalue weighted by Gasteiger charge is -2.11. The number of para-hydroxylation sites is 1. The van der Waals surface area contributed by atoms with Gasteiger partial charge in [-0.1, -0.05) is 24.3 Å². The highest BCUT2D eigenvalue weighted by molar-refractivity contribution is 5.84. The first-order valence-corrected chi connectivity index (χ1v) is 8.13. The third-order valence-corrected chi connectivity index (χ3v) is 4.03. The predicted octanol–water partition coefficient (Wildman–Crippen LogP) is 2.91. The zero-order valence-electron chi connectivity index (χ0n) is 14.8. The number of aromatic hydroxyl groups is 1. The number of nitrogens with zero attached hydrogens (tertiary/aromatic N) is 2. The Morgan fingerprint density at radius 2 is 1.69 bits per heavy atom. The fourth-order valence-electron chi connectivity index (χ4n) is 2.86. The third kappa shape index (κ3) is 3.35. The van der Waals surface area contributed by atoms with Crippen molar-refractivity contribution in [1.29, 1.82) is 0 Å². The molecule has 0 bridgehead atoms. The van der Waals surface area contributed by atoms with Crippen LogP contribution in [-0.4, -0.2) is 20.9 Å². The van der Waals surface area contributed by atoms with Gasteiger partial charge < -0.3 is 5.11 Å². The molecule has 6 heteroatoms. The summed E-state index contributed by atoms with van der Waals surface area (Å²) in [4.78, 5) is 30.9. The maximum Gasteiger partial charge on any atom is 0.335 e. The molecule has 0 spiro atoms. The molecule has 3 aromatic rings. The number of nitrogens with one attached hydrogen (secondary N) is 1. The molecule has 3 rings (SSSR count). The van der Waals surface area contributed by atoms with E-state index in [1.807, 2.05) is 51.1 Å². The Kier molecular flexibility index (Phi) is 4.58. The van der Waals surface area contributed by atoms with Crippen molar-refractivity contribution in [3.05, 3.63) is 85.6 Å². The third-order valence-electron chi connectivity index (χ3n) is 4.03. The Labute approximate surface area is 150 Å². The largest absolute Gasteiger partial charge is 0.493 e. The van der Waals surface area contributed by atoms with Crippen molar-refractivity contribution in [3.63, 3.8) is 0 Å². The summed E-state index contributed by atoms with van der Waals surface area (Å²) in [6, 6.07) is 12.8. The molecule has 0 radical (unpaired) electrons. The van der Waals surface area contributed by atoms with E-state index in [4.69, 9.17) is 0 Å². The molecule has 0 aliphatic carbocycles. The van der Waals surface area contributed by atoms with Crippen molar-refractivity contribution in [2.45, 2.75) is 20.8 Å². The zero-order chi connectivity index (χ0) is 18.8. The number of aromatic nitrogens is 2. The van der Waals surface area contributed by atoms with Gasteiger partial charge in [0.2, 0.25) is 5.88 Å². The van der Waals surface area contributed by atoms with Gasteiger partial charge in [-0.25, -0.2) is 9.36 Å². The Hall–Kier alpha value is -3.41. The molecule has 0 saturated carbocycles. The van der Waals surface area contributed by atoms with Crippen LogP contribution in [0.3, 0.4) is 0 Å². The van der Waals surface area contributed by atoms with Crippen molar-refractivity contribution >= 4 is 11.9 Å². The minimum Gasteiger partial charge on any atom is -0.493 e. The fourth-order valence-corrected chi connectivity index (χ4v) is 2.86. The fraction of sp³-hybridized carbons (Fsp3) is 0.150. The maximum atomic E-state index is 12.2. The van der Waals surface area contributed by atoms with Crippen LogP contribution >= 0.6 is 0 Å². The molecule has 0 aliphatic rings. The van der Waals surface area contributed by atoms with Gasteiger partial charge in [0.25, 0.3) is 5.56 Å². The lowest BCUT2D eigenvalue weighted by Crippen LogP contribution is -2.31. The highest BCUT2D eigenvalue weighted by Crippen LogP contribution is 2.20. The van der Waals surface area contributed by atoms with Gasteiger partial charge in [-0.2, -0.15) is 0 Å². The van der Waals surface area contributed by atoms with E-state index >= 15 is 0 Å². The van der Waals surface area contributed by atoms with Gasteiger partial charge in [-0.05, 0) is 55.7 Å². The number of aryl methyl sites for hydroxylation is 3. The van der Waals surface area contributed by atoms with Crippen molar-refractivity contribution in [2.75, 3.05) is 0 Å². The van der Waals surface area contributed by atoms with E-state index in [2.05, 4.69) is 9.98 Å². The van der Waals surface area contributed by atoms with E-state index in [0.29, 0.717) is 11.4 Å². The van der Waals surface area contributed by atoms with Crippen LogP contribution in [0.25, 0.3) is 5.69 Å². The monoisotopic (exact) mass is 349 g/mol. The lowest BCUT2D eigenvalue weighted by atomic mass is 10.1. The molecule has 0 saturated heterocycles. The van der Waals surface area contributed by atoms with Crippen LogP contribution in [0.5, 0.6) is 5.88 Å². The Morgan fingerprint density at radius 1 is 1.04 bits per heavy atom. The molecule has 0 fully saturated rings. The standard InChI is InChI=1S/C20H19N3O3/c1-12-8-13(2)10-15(9-12)21-11-16-18(24)22-20(26)23(19(16)25)17-7-5-4-6-14(17)3/h4-11,25H,1-3H3,(H,22,24,26). The SMILES string of the molecule is Cc1cc(C)cc(N=Cc2c(O)n(-c3ccccc3C)c(=O)[nH]c2=O)c1. The topological polar surface area (TPSA) is 87.4 Å². The maximum absolute atomic E-state index is 12.2. The second-order valence-electron chi connectivity index (χ2n) is 6.22.